The van der Waals surface area contributed by atoms with Crippen molar-refractivity contribution in [3.8, 4) is 11.5 Å². The van der Waals surface area contributed by atoms with Gasteiger partial charge in [-0.05, 0) is 42.7 Å². The summed E-state index contributed by atoms with van der Waals surface area (Å²) in [5.41, 5.74) is -4.79. The van der Waals surface area contributed by atoms with E-state index in [9.17, 15) is 26.4 Å². The third-order valence-electron chi connectivity index (χ3n) is 6.39. The maximum Gasteiger partial charge on any atom is 0.501 e. The smallest absolute Gasteiger partial charge is 0.464 e. The van der Waals surface area contributed by atoms with E-state index in [4.69, 9.17) is 9.47 Å². The second-order valence-electron chi connectivity index (χ2n) is 9.59. The summed E-state index contributed by atoms with van der Waals surface area (Å²) in [7, 11) is -5.56. The van der Waals surface area contributed by atoms with E-state index < -0.39 is 20.2 Å². The molecular formula is C26H30F3N3O5S. The molecule has 0 unspecified atom stereocenters. The van der Waals surface area contributed by atoms with Crippen LogP contribution in [0.25, 0.3) is 0 Å². The van der Waals surface area contributed by atoms with Gasteiger partial charge in [0.1, 0.15) is 23.9 Å². The van der Waals surface area contributed by atoms with E-state index >= 15 is 0 Å². The molecule has 2 heterocycles. The summed E-state index contributed by atoms with van der Waals surface area (Å²) in [6, 6.07) is 10.0. The summed E-state index contributed by atoms with van der Waals surface area (Å²) in [5.74, 6) is 1.17. The minimum absolute atomic E-state index is 0.166. The van der Waals surface area contributed by atoms with Crippen molar-refractivity contribution in [2.75, 3.05) is 39.3 Å². The van der Waals surface area contributed by atoms with Crippen LogP contribution in [-0.2, 0) is 19.4 Å². The highest BCUT2D eigenvalue weighted by Gasteiger charge is 2.47. The minimum Gasteiger partial charge on any atom is -0.464 e. The average molecular weight is 554 g/mol. The number of amidine groups is 1. The Morgan fingerprint density at radius 3 is 2.47 bits per heavy atom. The standard InChI is InChI=1S/C26H30F3N3O5S/c1-18(2)7-10-24(33)36-16-15-31-11-13-32(14-12-31)25-20-17-19(38(34,35)26(27,28)29)8-9-22(20)37-23-6-4-3-5-21(23)30-25/h3-6,8-9,17-18H,7,10-16H2,1-2H3. The Morgan fingerprint density at radius 2 is 1.79 bits per heavy atom. The average Bonchev–Trinajstić information content (AvgIpc) is 3.03. The van der Waals surface area contributed by atoms with Crippen LogP contribution >= 0.6 is 0 Å². The Morgan fingerprint density at radius 1 is 1.08 bits per heavy atom. The number of alkyl halides is 3. The van der Waals surface area contributed by atoms with Gasteiger partial charge in [-0.2, -0.15) is 13.2 Å². The molecule has 0 N–H and O–H groups in total. The van der Waals surface area contributed by atoms with Crippen molar-refractivity contribution in [1.29, 1.82) is 0 Å². The number of fused-ring (bicyclic) bond motifs is 2. The molecule has 2 aliphatic heterocycles. The number of hydrogen-bond donors (Lipinski definition) is 0. The number of piperazine rings is 1. The van der Waals surface area contributed by atoms with Crippen molar-refractivity contribution in [2.24, 2.45) is 10.9 Å². The maximum atomic E-state index is 13.3. The molecule has 0 aliphatic carbocycles. The van der Waals surface area contributed by atoms with Crippen LogP contribution in [0.1, 0.15) is 32.3 Å². The Bertz CT molecular complexity index is 1300. The lowest BCUT2D eigenvalue weighted by Crippen LogP contribution is -2.49. The number of rotatable bonds is 7. The largest absolute Gasteiger partial charge is 0.501 e. The first-order valence-electron chi connectivity index (χ1n) is 12.4. The Kier molecular flexibility index (Phi) is 8.31. The number of aliphatic imine (C=N–C) groups is 1. The van der Waals surface area contributed by atoms with Crippen LogP contribution in [0.3, 0.4) is 0 Å². The SMILES string of the molecule is CC(C)CCC(=O)OCCN1CCN(C2=Nc3ccccc3Oc3ccc(S(=O)(=O)C(F)(F)F)cc32)CC1. The van der Waals surface area contributed by atoms with Crippen molar-refractivity contribution >= 4 is 27.3 Å². The van der Waals surface area contributed by atoms with Gasteiger partial charge in [-0.3, -0.25) is 9.69 Å². The van der Waals surface area contributed by atoms with E-state index in [1.165, 1.54) is 6.07 Å². The zero-order chi connectivity index (χ0) is 27.5. The van der Waals surface area contributed by atoms with Crippen LogP contribution in [0.2, 0.25) is 0 Å². The lowest BCUT2D eigenvalue weighted by molar-refractivity contribution is -0.144. The van der Waals surface area contributed by atoms with E-state index in [1.54, 1.807) is 24.3 Å². The third kappa shape index (κ3) is 6.29. The molecule has 0 amide bonds. The molecule has 2 aromatic carbocycles. The van der Waals surface area contributed by atoms with Gasteiger partial charge in [-0.15, -0.1) is 0 Å². The van der Waals surface area contributed by atoms with Gasteiger partial charge in [-0.25, -0.2) is 13.4 Å². The molecule has 1 fully saturated rings. The number of sulfone groups is 1. The van der Waals surface area contributed by atoms with Crippen LogP contribution in [0.5, 0.6) is 11.5 Å². The highest BCUT2D eigenvalue weighted by molar-refractivity contribution is 7.92. The molecule has 38 heavy (non-hydrogen) atoms. The van der Waals surface area contributed by atoms with Gasteiger partial charge in [0, 0.05) is 39.1 Å². The van der Waals surface area contributed by atoms with Gasteiger partial charge >= 0.3 is 11.5 Å². The Hall–Kier alpha value is -3.12. The lowest BCUT2D eigenvalue weighted by Gasteiger charge is -2.36. The monoisotopic (exact) mass is 553 g/mol. The number of para-hydroxylation sites is 2. The molecule has 12 heteroatoms. The summed E-state index contributed by atoms with van der Waals surface area (Å²) in [6.07, 6.45) is 1.17. The molecule has 0 saturated carbocycles. The zero-order valence-electron chi connectivity index (χ0n) is 21.2. The van der Waals surface area contributed by atoms with E-state index in [0.29, 0.717) is 62.3 Å². The summed E-state index contributed by atoms with van der Waals surface area (Å²) in [5, 5.41) is 0. The molecule has 1 saturated heterocycles. The summed E-state index contributed by atoms with van der Waals surface area (Å²) in [6.45, 7) is 7.09. The fourth-order valence-electron chi connectivity index (χ4n) is 4.19. The number of hydrogen-bond acceptors (Lipinski definition) is 8. The summed E-state index contributed by atoms with van der Waals surface area (Å²) in [4.78, 5) is 19.7. The summed E-state index contributed by atoms with van der Waals surface area (Å²) >= 11 is 0. The first-order chi connectivity index (χ1) is 18.0. The van der Waals surface area contributed by atoms with Crippen LogP contribution in [0.4, 0.5) is 18.9 Å². The summed E-state index contributed by atoms with van der Waals surface area (Å²) < 4.78 is 75.3. The Labute approximate surface area is 220 Å². The number of esters is 1. The molecule has 2 aromatic rings. The molecule has 8 nitrogen and oxygen atoms in total. The molecule has 0 bridgehead atoms. The molecule has 4 rings (SSSR count). The highest BCUT2D eigenvalue weighted by atomic mass is 32.2. The van der Waals surface area contributed by atoms with E-state index in [-0.39, 0.29) is 23.9 Å². The second kappa shape index (κ2) is 11.3. The molecular weight excluding hydrogens is 523 g/mol. The first-order valence-corrected chi connectivity index (χ1v) is 13.9. The minimum atomic E-state index is -5.56. The lowest BCUT2D eigenvalue weighted by atomic mass is 10.1. The zero-order valence-corrected chi connectivity index (χ0v) is 22.0. The van der Waals surface area contributed by atoms with Crippen molar-refractivity contribution < 1.29 is 35.9 Å². The topological polar surface area (TPSA) is 88.5 Å². The first kappa shape index (κ1) is 27.9. The molecule has 0 spiro atoms. The normalized spacial score (nSPS) is 16.3. The number of benzene rings is 2. The quantitative estimate of drug-likeness (QED) is 0.457. The maximum absolute atomic E-state index is 13.3. The van der Waals surface area contributed by atoms with E-state index in [1.807, 2.05) is 18.7 Å². The number of halogens is 3. The number of nitrogens with zero attached hydrogens (tertiary/aromatic N) is 3. The van der Waals surface area contributed by atoms with Crippen molar-refractivity contribution in [3.63, 3.8) is 0 Å². The van der Waals surface area contributed by atoms with E-state index in [0.717, 1.165) is 18.6 Å². The number of carbonyl (C=O) groups is 1. The van der Waals surface area contributed by atoms with Crippen LogP contribution < -0.4 is 4.74 Å². The molecule has 2 aliphatic rings. The predicted octanol–water partition coefficient (Wildman–Crippen LogP) is 4.76. The van der Waals surface area contributed by atoms with Gasteiger partial charge in [0.2, 0.25) is 0 Å². The fraction of sp³-hybridized carbons (Fsp3) is 0.462. The molecule has 0 radical (unpaired) electrons. The third-order valence-corrected chi connectivity index (χ3v) is 7.87. The number of ether oxygens (including phenoxy) is 2. The predicted molar refractivity (Wildman–Crippen MR) is 135 cm³/mol. The van der Waals surface area contributed by atoms with Gasteiger partial charge in [0.25, 0.3) is 9.84 Å². The van der Waals surface area contributed by atoms with Crippen molar-refractivity contribution in [2.45, 2.75) is 37.1 Å². The van der Waals surface area contributed by atoms with Crippen LogP contribution in [-0.4, -0.2) is 74.9 Å². The molecule has 0 atom stereocenters. The van der Waals surface area contributed by atoms with Crippen molar-refractivity contribution in [3.05, 3.63) is 48.0 Å². The van der Waals surface area contributed by atoms with E-state index in [2.05, 4.69) is 9.89 Å². The molecule has 206 valence electrons. The van der Waals surface area contributed by atoms with Crippen LogP contribution in [0.15, 0.2) is 52.4 Å². The molecule has 0 aromatic heterocycles. The second-order valence-corrected chi connectivity index (χ2v) is 11.5. The van der Waals surface area contributed by atoms with Gasteiger partial charge in [-0.1, -0.05) is 26.0 Å². The fourth-order valence-corrected chi connectivity index (χ4v) is 4.98. The van der Waals surface area contributed by atoms with Crippen molar-refractivity contribution in [1.82, 2.24) is 9.80 Å². The number of carbonyl (C=O) groups excluding carboxylic acids is 1. The van der Waals surface area contributed by atoms with Gasteiger partial charge < -0.3 is 14.4 Å². The van der Waals surface area contributed by atoms with Crippen LogP contribution in [0, 0.1) is 5.92 Å². The Balaban J connectivity index is 1.52. The van der Waals surface area contributed by atoms with Gasteiger partial charge in [0.05, 0.1) is 10.5 Å². The highest BCUT2D eigenvalue weighted by Crippen LogP contribution is 2.40. The van der Waals surface area contributed by atoms with Gasteiger partial charge in [0.15, 0.2) is 5.75 Å².